The number of phenols is 1. The van der Waals surface area contributed by atoms with E-state index in [2.05, 4.69) is 0 Å². The van der Waals surface area contributed by atoms with Gasteiger partial charge in [-0.1, -0.05) is 35.3 Å². The molecule has 1 saturated heterocycles. The Morgan fingerprint density at radius 3 is 2.27 bits per heavy atom. The number of rotatable bonds is 5. The highest BCUT2D eigenvalue weighted by molar-refractivity contribution is 6.52. The Balaban J connectivity index is 1.92. The van der Waals surface area contributed by atoms with Gasteiger partial charge in [0.15, 0.2) is 0 Å². The molecule has 1 unspecified atom stereocenters. The van der Waals surface area contributed by atoms with Crippen LogP contribution in [0.4, 0.5) is 5.69 Å². The number of Topliss-reactive ketones (excluding diaryl/α,β-unsaturated/α-hetero) is 1. The number of aliphatic hydroxyl groups is 1. The van der Waals surface area contributed by atoms with Crippen LogP contribution in [0.3, 0.4) is 0 Å². The number of benzene rings is 3. The molecule has 3 aromatic carbocycles. The molecule has 1 atom stereocenters. The highest BCUT2D eigenvalue weighted by atomic mass is 35.5. The molecule has 1 aliphatic rings. The molecule has 0 spiro atoms. The molecule has 1 fully saturated rings. The van der Waals surface area contributed by atoms with Crippen LogP contribution in [0.2, 0.25) is 10.0 Å². The minimum absolute atomic E-state index is 0.0525. The summed E-state index contributed by atoms with van der Waals surface area (Å²) in [5.74, 6) is -1.52. The number of anilines is 1. The average molecular weight is 484 g/mol. The van der Waals surface area contributed by atoms with E-state index < -0.39 is 17.7 Å². The minimum Gasteiger partial charge on any atom is -0.508 e. The SMILES string of the molecule is CCOc1ccc(/C(O)=C2\C(=O)C(=O)N(c3cc(Cl)cc(Cl)c3)C2c2cccc(O)c2)cc1. The first-order valence-corrected chi connectivity index (χ1v) is 10.8. The molecule has 0 aromatic heterocycles. The molecule has 0 bridgehead atoms. The first-order valence-electron chi connectivity index (χ1n) is 10.1. The van der Waals surface area contributed by atoms with Gasteiger partial charge < -0.3 is 14.9 Å². The molecule has 0 radical (unpaired) electrons. The van der Waals surface area contributed by atoms with Crippen molar-refractivity contribution < 1.29 is 24.5 Å². The summed E-state index contributed by atoms with van der Waals surface area (Å²) >= 11 is 12.3. The molecule has 8 heteroatoms. The van der Waals surface area contributed by atoms with E-state index in [1.165, 1.54) is 35.2 Å². The fourth-order valence-corrected chi connectivity index (χ4v) is 4.33. The van der Waals surface area contributed by atoms with Gasteiger partial charge in [-0.25, -0.2) is 0 Å². The Labute approximate surface area is 200 Å². The standard InChI is InChI=1S/C25H19Cl2NO5/c1-2-33-20-8-6-14(7-9-20)23(30)21-22(15-4-3-5-19(29)10-15)28(25(32)24(21)31)18-12-16(26)11-17(27)13-18/h3-13,22,29-30H,2H2,1H3/b23-21+. The lowest BCUT2D eigenvalue weighted by Crippen LogP contribution is -2.29. The van der Waals surface area contributed by atoms with Gasteiger partial charge in [0.1, 0.15) is 17.3 Å². The van der Waals surface area contributed by atoms with E-state index >= 15 is 0 Å². The first-order chi connectivity index (χ1) is 15.8. The lowest BCUT2D eigenvalue weighted by atomic mass is 9.95. The van der Waals surface area contributed by atoms with Crippen LogP contribution >= 0.6 is 23.2 Å². The third-order valence-corrected chi connectivity index (χ3v) is 5.63. The largest absolute Gasteiger partial charge is 0.508 e. The second-order valence-electron chi connectivity index (χ2n) is 7.35. The summed E-state index contributed by atoms with van der Waals surface area (Å²) in [4.78, 5) is 27.5. The minimum atomic E-state index is -1.02. The number of hydrogen-bond donors (Lipinski definition) is 2. The number of halogens is 2. The quantitative estimate of drug-likeness (QED) is 0.275. The Morgan fingerprint density at radius 1 is 1.00 bits per heavy atom. The molecule has 2 N–H and O–H groups in total. The summed E-state index contributed by atoms with van der Waals surface area (Å²) in [5, 5.41) is 21.7. The number of carbonyl (C=O) groups excluding carboxylic acids is 2. The Kier molecular flexibility index (Phi) is 6.31. The van der Waals surface area contributed by atoms with Crippen molar-refractivity contribution in [3.63, 3.8) is 0 Å². The van der Waals surface area contributed by atoms with Crippen LogP contribution in [-0.4, -0.2) is 28.5 Å². The van der Waals surface area contributed by atoms with Crippen LogP contribution in [0.15, 0.2) is 72.3 Å². The van der Waals surface area contributed by atoms with Gasteiger partial charge in [0.05, 0.1) is 18.2 Å². The lowest BCUT2D eigenvalue weighted by molar-refractivity contribution is -0.132. The number of ether oxygens (including phenoxy) is 1. The third kappa shape index (κ3) is 4.40. The van der Waals surface area contributed by atoms with Crippen LogP contribution in [0.1, 0.15) is 24.1 Å². The maximum absolute atomic E-state index is 13.1. The van der Waals surface area contributed by atoms with Crippen molar-refractivity contribution in [1.29, 1.82) is 0 Å². The van der Waals surface area contributed by atoms with Gasteiger partial charge in [0.2, 0.25) is 0 Å². The molecule has 4 rings (SSSR count). The van der Waals surface area contributed by atoms with Crippen molar-refractivity contribution in [1.82, 2.24) is 0 Å². The molecule has 6 nitrogen and oxygen atoms in total. The van der Waals surface area contributed by atoms with Crippen molar-refractivity contribution in [2.45, 2.75) is 13.0 Å². The fourth-order valence-electron chi connectivity index (χ4n) is 3.82. The molecule has 168 valence electrons. The maximum Gasteiger partial charge on any atom is 0.300 e. The van der Waals surface area contributed by atoms with Crippen molar-refractivity contribution >= 4 is 46.3 Å². The number of aromatic hydroxyl groups is 1. The van der Waals surface area contributed by atoms with E-state index in [0.717, 1.165) is 0 Å². The number of ketones is 1. The summed E-state index contributed by atoms with van der Waals surface area (Å²) < 4.78 is 5.43. The van der Waals surface area contributed by atoms with Crippen LogP contribution in [0, 0.1) is 0 Å². The van der Waals surface area contributed by atoms with Gasteiger partial charge in [-0.2, -0.15) is 0 Å². The lowest BCUT2D eigenvalue weighted by Gasteiger charge is -2.26. The van der Waals surface area contributed by atoms with E-state index in [1.807, 2.05) is 6.92 Å². The molecule has 1 amide bonds. The maximum atomic E-state index is 13.1. The van der Waals surface area contributed by atoms with Crippen molar-refractivity contribution in [3.05, 3.63) is 93.5 Å². The van der Waals surface area contributed by atoms with Crippen molar-refractivity contribution in [2.75, 3.05) is 11.5 Å². The molecule has 0 saturated carbocycles. The zero-order chi connectivity index (χ0) is 23.7. The Hall–Kier alpha value is -3.48. The van der Waals surface area contributed by atoms with Crippen LogP contribution < -0.4 is 9.64 Å². The molecule has 1 heterocycles. The molecule has 33 heavy (non-hydrogen) atoms. The predicted molar refractivity (Wildman–Crippen MR) is 127 cm³/mol. The number of nitrogens with zero attached hydrogens (tertiary/aromatic N) is 1. The third-order valence-electron chi connectivity index (χ3n) is 5.19. The normalized spacial score (nSPS) is 17.4. The molecule has 3 aromatic rings. The second kappa shape index (κ2) is 9.17. The highest BCUT2D eigenvalue weighted by Crippen LogP contribution is 2.43. The first kappa shape index (κ1) is 22.7. The van der Waals surface area contributed by atoms with E-state index in [9.17, 15) is 19.8 Å². The number of phenolic OH excluding ortho intramolecular Hbond substituents is 1. The van der Waals surface area contributed by atoms with Crippen LogP contribution in [-0.2, 0) is 9.59 Å². The zero-order valence-electron chi connectivity index (χ0n) is 17.5. The molecule has 0 aliphatic carbocycles. The summed E-state index contributed by atoms with van der Waals surface area (Å²) in [6.07, 6.45) is 0. The van der Waals surface area contributed by atoms with Gasteiger partial charge in [-0.05, 0) is 67.1 Å². The zero-order valence-corrected chi connectivity index (χ0v) is 19.0. The molecule has 1 aliphatic heterocycles. The smallest absolute Gasteiger partial charge is 0.300 e. The van der Waals surface area contributed by atoms with Gasteiger partial charge in [0.25, 0.3) is 11.7 Å². The van der Waals surface area contributed by atoms with Crippen LogP contribution in [0.5, 0.6) is 11.5 Å². The van der Waals surface area contributed by atoms with Gasteiger partial charge in [0, 0.05) is 21.3 Å². The number of amides is 1. The molecular weight excluding hydrogens is 465 g/mol. The van der Waals surface area contributed by atoms with Crippen LogP contribution in [0.25, 0.3) is 5.76 Å². The van der Waals surface area contributed by atoms with Gasteiger partial charge in [-0.3, -0.25) is 14.5 Å². The van der Waals surface area contributed by atoms with Crippen molar-refractivity contribution in [3.8, 4) is 11.5 Å². The Morgan fingerprint density at radius 2 is 1.67 bits per heavy atom. The summed E-state index contributed by atoms with van der Waals surface area (Å²) in [7, 11) is 0. The van der Waals surface area contributed by atoms with E-state index in [0.29, 0.717) is 23.5 Å². The van der Waals surface area contributed by atoms with Gasteiger partial charge >= 0.3 is 0 Å². The molecular formula is C25H19Cl2NO5. The number of carbonyl (C=O) groups is 2. The van der Waals surface area contributed by atoms with Crippen molar-refractivity contribution in [2.24, 2.45) is 0 Å². The Bertz CT molecular complexity index is 1250. The average Bonchev–Trinajstić information content (AvgIpc) is 3.04. The van der Waals surface area contributed by atoms with E-state index in [4.69, 9.17) is 27.9 Å². The monoisotopic (exact) mass is 483 g/mol. The summed E-state index contributed by atoms with van der Waals surface area (Å²) in [6, 6.07) is 16.2. The van der Waals surface area contributed by atoms with E-state index in [-0.39, 0.29) is 32.8 Å². The highest BCUT2D eigenvalue weighted by Gasteiger charge is 2.47. The second-order valence-corrected chi connectivity index (χ2v) is 8.22. The number of hydrogen-bond acceptors (Lipinski definition) is 5. The topological polar surface area (TPSA) is 87.1 Å². The predicted octanol–water partition coefficient (Wildman–Crippen LogP) is 5.72. The fraction of sp³-hybridized carbons (Fsp3) is 0.120. The van der Waals surface area contributed by atoms with Gasteiger partial charge in [-0.15, -0.1) is 0 Å². The summed E-state index contributed by atoms with van der Waals surface area (Å²) in [5.41, 5.74) is 0.933. The number of aliphatic hydroxyl groups excluding tert-OH is 1. The van der Waals surface area contributed by atoms with E-state index in [1.54, 1.807) is 36.4 Å². The summed E-state index contributed by atoms with van der Waals surface area (Å²) in [6.45, 7) is 2.34.